The molecule has 0 unspecified atom stereocenters. The van der Waals surface area contributed by atoms with E-state index in [-0.39, 0.29) is 6.61 Å². The fourth-order valence-corrected chi connectivity index (χ4v) is 4.77. The van der Waals surface area contributed by atoms with Crippen LogP contribution in [0.4, 0.5) is 0 Å². The summed E-state index contributed by atoms with van der Waals surface area (Å²) in [6.45, 7) is 6.94. The van der Waals surface area contributed by atoms with Gasteiger partial charge in [-0.15, -0.1) is 0 Å². The van der Waals surface area contributed by atoms with Gasteiger partial charge in [0.25, 0.3) is 0 Å². The van der Waals surface area contributed by atoms with E-state index in [0.717, 1.165) is 30.4 Å². The van der Waals surface area contributed by atoms with Gasteiger partial charge in [-0.05, 0) is 55.4 Å². The molecule has 1 fully saturated rings. The minimum atomic E-state index is -3.46. The van der Waals surface area contributed by atoms with Gasteiger partial charge in [-0.25, -0.2) is 8.42 Å². The molecule has 0 aliphatic carbocycles. The number of rotatable bonds is 4. The standard InChI is InChI=1S/C16H25NO3S/c1-4-14-5-7-17(8-6-14)21(19,20)16-10-15(11-18)9-12(2)13(16)3/h9-10,14,18H,4-8,11H2,1-3H3. The van der Waals surface area contributed by atoms with Crippen LogP contribution >= 0.6 is 0 Å². The molecule has 1 aromatic rings. The molecule has 1 aromatic carbocycles. The second kappa shape index (κ2) is 6.46. The third-order valence-corrected chi connectivity index (χ3v) is 6.66. The predicted molar refractivity (Wildman–Crippen MR) is 83.6 cm³/mol. The van der Waals surface area contributed by atoms with Gasteiger partial charge in [-0.3, -0.25) is 0 Å². The number of aliphatic hydroxyl groups is 1. The minimum absolute atomic E-state index is 0.137. The van der Waals surface area contributed by atoms with Crippen LogP contribution in [0.3, 0.4) is 0 Å². The molecule has 4 nitrogen and oxygen atoms in total. The molecule has 1 aliphatic heterocycles. The molecule has 118 valence electrons. The van der Waals surface area contributed by atoms with Crippen molar-refractivity contribution in [3.05, 3.63) is 28.8 Å². The molecular weight excluding hydrogens is 286 g/mol. The third kappa shape index (κ3) is 3.30. The lowest BCUT2D eigenvalue weighted by atomic mass is 9.96. The third-order valence-electron chi connectivity index (χ3n) is 4.63. The molecule has 0 aromatic heterocycles. The van der Waals surface area contributed by atoms with Crippen LogP contribution < -0.4 is 0 Å². The lowest BCUT2D eigenvalue weighted by molar-refractivity contribution is 0.268. The summed E-state index contributed by atoms with van der Waals surface area (Å²) in [6.07, 6.45) is 2.99. The molecule has 0 saturated carbocycles. The van der Waals surface area contributed by atoms with Crippen molar-refractivity contribution < 1.29 is 13.5 Å². The Hall–Kier alpha value is -0.910. The van der Waals surface area contributed by atoms with E-state index in [0.29, 0.717) is 29.5 Å². The average Bonchev–Trinajstić information content (AvgIpc) is 2.49. The lowest BCUT2D eigenvalue weighted by Gasteiger charge is -2.31. The number of hydrogen-bond donors (Lipinski definition) is 1. The summed E-state index contributed by atoms with van der Waals surface area (Å²) in [6, 6.07) is 3.46. The van der Waals surface area contributed by atoms with Crippen LogP contribution in [0.25, 0.3) is 0 Å². The average molecular weight is 311 g/mol. The lowest BCUT2D eigenvalue weighted by Crippen LogP contribution is -2.38. The topological polar surface area (TPSA) is 57.6 Å². The van der Waals surface area contributed by atoms with Crippen molar-refractivity contribution in [2.24, 2.45) is 5.92 Å². The van der Waals surface area contributed by atoms with Crippen molar-refractivity contribution in [3.8, 4) is 0 Å². The van der Waals surface area contributed by atoms with Crippen molar-refractivity contribution in [1.82, 2.24) is 4.31 Å². The second-order valence-corrected chi connectivity index (χ2v) is 7.86. The molecule has 0 amide bonds. The number of nitrogens with zero attached hydrogens (tertiary/aromatic N) is 1. The Bertz CT molecular complexity index is 602. The van der Waals surface area contributed by atoms with Crippen LogP contribution in [0.2, 0.25) is 0 Å². The summed E-state index contributed by atoms with van der Waals surface area (Å²) >= 11 is 0. The first kappa shape index (κ1) is 16.5. The van der Waals surface area contributed by atoms with Crippen molar-refractivity contribution in [1.29, 1.82) is 0 Å². The molecule has 2 rings (SSSR count). The van der Waals surface area contributed by atoms with Gasteiger partial charge < -0.3 is 5.11 Å². The van der Waals surface area contributed by atoms with Crippen LogP contribution in [-0.2, 0) is 16.6 Å². The van der Waals surface area contributed by atoms with E-state index in [1.165, 1.54) is 0 Å². The van der Waals surface area contributed by atoms with Gasteiger partial charge in [0.2, 0.25) is 10.0 Å². The molecule has 0 atom stereocenters. The molecule has 1 aliphatic rings. The van der Waals surface area contributed by atoms with Gasteiger partial charge in [-0.2, -0.15) is 4.31 Å². The van der Waals surface area contributed by atoms with Crippen LogP contribution in [0.1, 0.15) is 42.9 Å². The maximum Gasteiger partial charge on any atom is 0.243 e. The van der Waals surface area contributed by atoms with Crippen molar-refractivity contribution in [3.63, 3.8) is 0 Å². The smallest absolute Gasteiger partial charge is 0.243 e. The Morgan fingerprint density at radius 2 is 1.86 bits per heavy atom. The highest BCUT2D eigenvalue weighted by molar-refractivity contribution is 7.89. The fourth-order valence-electron chi connectivity index (χ4n) is 2.96. The summed E-state index contributed by atoms with van der Waals surface area (Å²) in [7, 11) is -3.46. The van der Waals surface area contributed by atoms with Crippen molar-refractivity contribution in [2.45, 2.75) is 51.5 Å². The van der Waals surface area contributed by atoms with Crippen LogP contribution in [0, 0.1) is 19.8 Å². The number of hydrogen-bond acceptors (Lipinski definition) is 3. The highest BCUT2D eigenvalue weighted by atomic mass is 32.2. The van der Waals surface area contributed by atoms with E-state index in [9.17, 15) is 13.5 Å². The Kier molecular flexibility index (Phi) is 5.07. The zero-order valence-corrected chi connectivity index (χ0v) is 13.9. The van der Waals surface area contributed by atoms with Crippen LogP contribution in [-0.4, -0.2) is 30.9 Å². The molecule has 0 bridgehead atoms. The Labute approximate surface area is 127 Å². The first-order valence-corrected chi connectivity index (χ1v) is 9.05. The molecule has 1 N–H and O–H groups in total. The monoisotopic (exact) mass is 311 g/mol. The summed E-state index contributed by atoms with van der Waals surface area (Å²) in [4.78, 5) is 0.349. The molecule has 21 heavy (non-hydrogen) atoms. The van der Waals surface area contributed by atoms with E-state index in [1.54, 1.807) is 10.4 Å². The van der Waals surface area contributed by atoms with E-state index in [4.69, 9.17) is 0 Å². The minimum Gasteiger partial charge on any atom is -0.392 e. The Morgan fingerprint density at radius 1 is 1.24 bits per heavy atom. The zero-order valence-electron chi connectivity index (χ0n) is 13.1. The van der Waals surface area contributed by atoms with E-state index in [2.05, 4.69) is 6.92 Å². The molecule has 0 radical (unpaired) electrons. The first-order chi connectivity index (χ1) is 9.90. The quantitative estimate of drug-likeness (QED) is 0.930. The SMILES string of the molecule is CCC1CCN(S(=O)(=O)c2cc(CO)cc(C)c2C)CC1. The number of sulfonamides is 1. The van der Waals surface area contributed by atoms with Crippen LogP contribution in [0.5, 0.6) is 0 Å². The molecule has 5 heteroatoms. The second-order valence-electron chi connectivity index (χ2n) is 5.95. The summed E-state index contributed by atoms with van der Waals surface area (Å²) in [5.74, 6) is 0.642. The van der Waals surface area contributed by atoms with Gasteiger partial charge >= 0.3 is 0 Å². The van der Waals surface area contributed by atoms with E-state index in [1.807, 2.05) is 19.9 Å². The van der Waals surface area contributed by atoms with Crippen molar-refractivity contribution in [2.75, 3.05) is 13.1 Å². The van der Waals surface area contributed by atoms with E-state index < -0.39 is 10.0 Å². The molecule has 1 heterocycles. The van der Waals surface area contributed by atoms with Crippen LogP contribution in [0.15, 0.2) is 17.0 Å². The van der Waals surface area contributed by atoms with Gasteiger partial charge in [0.1, 0.15) is 0 Å². The number of benzene rings is 1. The van der Waals surface area contributed by atoms with E-state index >= 15 is 0 Å². The Morgan fingerprint density at radius 3 is 2.38 bits per heavy atom. The highest BCUT2D eigenvalue weighted by Crippen LogP contribution is 2.28. The first-order valence-electron chi connectivity index (χ1n) is 7.61. The highest BCUT2D eigenvalue weighted by Gasteiger charge is 2.30. The van der Waals surface area contributed by atoms with Gasteiger partial charge in [0.05, 0.1) is 11.5 Å². The molecule has 0 spiro atoms. The van der Waals surface area contributed by atoms with Crippen molar-refractivity contribution >= 4 is 10.0 Å². The van der Waals surface area contributed by atoms with Gasteiger partial charge in [-0.1, -0.05) is 19.4 Å². The molecular formula is C16H25NO3S. The maximum absolute atomic E-state index is 12.9. The summed E-state index contributed by atoms with van der Waals surface area (Å²) in [5, 5.41) is 9.31. The Balaban J connectivity index is 2.34. The van der Waals surface area contributed by atoms with Gasteiger partial charge in [0.15, 0.2) is 0 Å². The normalized spacial score (nSPS) is 18.1. The maximum atomic E-state index is 12.9. The fraction of sp³-hybridized carbons (Fsp3) is 0.625. The number of aryl methyl sites for hydroxylation is 1. The van der Waals surface area contributed by atoms with Gasteiger partial charge in [0, 0.05) is 13.1 Å². The largest absolute Gasteiger partial charge is 0.392 e. The number of piperidine rings is 1. The predicted octanol–water partition coefficient (Wildman–Crippen LogP) is 2.61. The molecule has 1 saturated heterocycles. The zero-order chi connectivity index (χ0) is 15.6. The summed E-state index contributed by atoms with van der Waals surface area (Å²) < 4.78 is 27.3. The summed E-state index contributed by atoms with van der Waals surface area (Å²) in [5.41, 5.74) is 2.34. The number of aliphatic hydroxyl groups excluding tert-OH is 1.